The van der Waals surface area contributed by atoms with Crippen molar-refractivity contribution in [3.05, 3.63) is 65.0 Å². The standard InChI is InChI=1S/C27H28F4N4O4/c28-17-5-1-3-15(12-17)21-19-6-2-4-16(13-36)22(19)34-26(39)24(33-21)35-25(38)18(9-10-27(29,30)31)20(23(32)37)11-14-7-8-14/h1-6,12,14,18,20,24,36H,7-11,13H2,(H2,32,37)(H,34,39)(H,35,38). The summed E-state index contributed by atoms with van der Waals surface area (Å²) in [5, 5.41) is 14.8. The molecule has 0 aromatic heterocycles. The van der Waals surface area contributed by atoms with Gasteiger partial charge in [-0.05, 0) is 30.9 Å². The van der Waals surface area contributed by atoms with E-state index >= 15 is 0 Å². The predicted molar refractivity (Wildman–Crippen MR) is 134 cm³/mol. The fourth-order valence-corrected chi connectivity index (χ4v) is 4.76. The van der Waals surface area contributed by atoms with E-state index < -0.39 is 67.2 Å². The van der Waals surface area contributed by atoms with E-state index in [1.807, 2.05) is 0 Å². The highest BCUT2D eigenvalue weighted by molar-refractivity contribution is 6.20. The number of rotatable bonds is 10. The Morgan fingerprint density at radius 2 is 1.87 bits per heavy atom. The number of benzodiazepines with no additional fused rings is 1. The number of halogens is 4. The summed E-state index contributed by atoms with van der Waals surface area (Å²) in [4.78, 5) is 43.2. The van der Waals surface area contributed by atoms with Crippen LogP contribution in [0.2, 0.25) is 0 Å². The number of aliphatic imine (C=N–C) groups is 1. The average molecular weight is 549 g/mol. The highest BCUT2D eigenvalue weighted by Crippen LogP contribution is 2.39. The molecule has 1 aliphatic heterocycles. The summed E-state index contributed by atoms with van der Waals surface area (Å²) < 4.78 is 53.4. The Balaban J connectivity index is 1.71. The van der Waals surface area contributed by atoms with Gasteiger partial charge in [0, 0.05) is 34.9 Å². The topological polar surface area (TPSA) is 134 Å². The third-order valence-electron chi connectivity index (χ3n) is 6.92. The lowest BCUT2D eigenvalue weighted by Crippen LogP contribution is -2.48. The number of benzene rings is 2. The van der Waals surface area contributed by atoms with E-state index in [1.54, 1.807) is 18.2 Å². The normalized spacial score (nSPS) is 18.7. The fourth-order valence-electron chi connectivity index (χ4n) is 4.76. The van der Waals surface area contributed by atoms with Gasteiger partial charge in [-0.1, -0.05) is 43.2 Å². The van der Waals surface area contributed by atoms with Gasteiger partial charge in [-0.2, -0.15) is 13.2 Å². The molecular weight excluding hydrogens is 520 g/mol. The van der Waals surface area contributed by atoms with E-state index in [0.717, 1.165) is 12.8 Å². The van der Waals surface area contributed by atoms with Crippen molar-refractivity contribution in [1.82, 2.24) is 5.32 Å². The molecule has 8 nitrogen and oxygen atoms in total. The van der Waals surface area contributed by atoms with Crippen LogP contribution >= 0.6 is 0 Å². The van der Waals surface area contributed by atoms with Crippen LogP contribution in [0.4, 0.5) is 23.2 Å². The molecule has 4 rings (SSSR count). The van der Waals surface area contributed by atoms with Crippen LogP contribution in [-0.2, 0) is 21.0 Å². The molecule has 12 heteroatoms. The van der Waals surface area contributed by atoms with Crippen molar-refractivity contribution < 1.29 is 37.1 Å². The Labute approximate surface area is 221 Å². The molecule has 2 aliphatic rings. The smallest absolute Gasteiger partial charge is 0.389 e. The van der Waals surface area contributed by atoms with E-state index in [-0.39, 0.29) is 29.3 Å². The molecule has 1 saturated carbocycles. The third-order valence-corrected chi connectivity index (χ3v) is 6.92. The van der Waals surface area contributed by atoms with Gasteiger partial charge in [-0.3, -0.25) is 14.4 Å². The summed E-state index contributed by atoms with van der Waals surface area (Å²) >= 11 is 0. The molecule has 3 atom stereocenters. The van der Waals surface area contributed by atoms with Crippen LogP contribution in [0.25, 0.3) is 0 Å². The van der Waals surface area contributed by atoms with E-state index in [0.29, 0.717) is 11.1 Å². The van der Waals surface area contributed by atoms with Gasteiger partial charge >= 0.3 is 6.18 Å². The molecule has 2 aromatic carbocycles. The lowest BCUT2D eigenvalue weighted by Gasteiger charge is -2.26. The molecule has 3 amide bonds. The van der Waals surface area contributed by atoms with Crippen LogP contribution in [0.5, 0.6) is 0 Å². The maximum atomic E-state index is 14.1. The van der Waals surface area contributed by atoms with Crippen molar-refractivity contribution in [2.45, 2.75) is 51.1 Å². The van der Waals surface area contributed by atoms with Crippen LogP contribution in [-0.4, -0.2) is 40.9 Å². The van der Waals surface area contributed by atoms with E-state index in [4.69, 9.17) is 5.73 Å². The molecule has 39 heavy (non-hydrogen) atoms. The van der Waals surface area contributed by atoms with Crippen molar-refractivity contribution in [2.75, 3.05) is 5.32 Å². The second kappa shape index (κ2) is 11.5. The molecule has 1 fully saturated rings. The number of hydrogen-bond donors (Lipinski definition) is 4. The summed E-state index contributed by atoms with van der Waals surface area (Å²) in [6.45, 7) is -0.447. The van der Waals surface area contributed by atoms with Crippen LogP contribution in [0.3, 0.4) is 0 Å². The lowest BCUT2D eigenvalue weighted by atomic mass is 9.83. The number of carbonyl (C=O) groups is 3. The number of primary amides is 1. The maximum Gasteiger partial charge on any atom is 0.389 e. The predicted octanol–water partition coefficient (Wildman–Crippen LogP) is 3.41. The molecule has 0 saturated heterocycles. The van der Waals surface area contributed by atoms with Crippen molar-refractivity contribution in [3.63, 3.8) is 0 Å². The minimum absolute atomic E-state index is 0.0915. The second-order valence-corrected chi connectivity index (χ2v) is 9.83. The number of hydrogen-bond acceptors (Lipinski definition) is 5. The SMILES string of the molecule is NC(=O)C(CC1CC1)C(CCC(F)(F)F)C(=O)NC1N=C(c2cccc(F)c2)c2cccc(CO)c2NC1=O. The summed E-state index contributed by atoms with van der Waals surface area (Å²) in [6.07, 6.45) is -6.48. The average Bonchev–Trinajstić information content (AvgIpc) is 3.70. The highest BCUT2D eigenvalue weighted by Gasteiger charge is 2.41. The van der Waals surface area contributed by atoms with Crippen LogP contribution in [0.15, 0.2) is 47.5 Å². The molecule has 0 spiro atoms. The molecule has 3 unspecified atom stereocenters. The van der Waals surface area contributed by atoms with Gasteiger partial charge in [0.2, 0.25) is 18.0 Å². The molecule has 0 bridgehead atoms. The number of nitrogens with one attached hydrogen (secondary N) is 2. The molecule has 1 heterocycles. The number of anilines is 1. The maximum absolute atomic E-state index is 14.1. The molecule has 5 N–H and O–H groups in total. The fraction of sp³-hybridized carbons (Fsp3) is 0.407. The molecule has 2 aromatic rings. The number of nitrogens with two attached hydrogens (primary N) is 1. The van der Waals surface area contributed by atoms with Crippen molar-refractivity contribution in [1.29, 1.82) is 0 Å². The van der Waals surface area contributed by atoms with E-state index in [2.05, 4.69) is 15.6 Å². The van der Waals surface area contributed by atoms with Gasteiger partial charge in [0.15, 0.2) is 0 Å². The number of para-hydroxylation sites is 1. The zero-order valence-corrected chi connectivity index (χ0v) is 20.8. The van der Waals surface area contributed by atoms with Crippen molar-refractivity contribution in [2.24, 2.45) is 28.5 Å². The molecular formula is C27H28F4N4O4. The first-order chi connectivity index (χ1) is 18.5. The van der Waals surface area contributed by atoms with E-state index in [9.17, 15) is 37.1 Å². The molecule has 1 aliphatic carbocycles. The monoisotopic (exact) mass is 548 g/mol. The second-order valence-electron chi connectivity index (χ2n) is 9.83. The largest absolute Gasteiger partial charge is 0.392 e. The zero-order chi connectivity index (χ0) is 28.3. The summed E-state index contributed by atoms with van der Waals surface area (Å²) in [5.74, 6) is -5.78. The third kappa shape index (κ3) is 6.99. The number of nitrogens with zero attached hydrogens (tertiary/aromatic N) is 1. The highest BCUT2D eigenvalue weighted by atomic mass is 19.4. The number of amides is 3. The number of carbonyl (C=O) groups excluding carboxylic acids is 3. The van der Waals surface area contributed by atoms with E-state index in [1.165, 1.54) is 24.3 Å². The summed E-state index contributed by atoms with van der Waals surface area (Å²) in [7, 11) is 0. The van der Waals surface area contributed by atoms with Gasteiger partial charge in [-0.15, -0.1) is 0 Å². The Kier molecular flexibility index (Phi) is 8.34. The van der Waals surface area contributed by atoms with Gasteiger partial charge in [0.05, 0.1) is 18.0 Å². The summed E-state index contributed by atoms with van der Waals surface area (Å²) in [5.41, 5.74) is 6.76. The Bertz CT molecular complexity index is 1290. The van der Waals surface area contributed by atoms with Crippen molar-refractivity contribution >= 4 is 29.1 Å². The van der Waals surface area contributed by atoms with Gasteiger partial charge in [-0.25, -0.2) is 9.38 Å². The van der Waals surface area contributed by atoms with Gasteiger partial charge < -0.3 is 21.5 Å². The van der Waals surface area contributed by atoms with Crippen LogP contribution < -0.4 is 16.4 Å². The van der Waals surface area contributed by atoms with Crippen molar-refractivity contribution in [3.8, 4) is 0 Å². The first-order valence-electron chi connectivity index (χ1n) is 12.5. The Hall–Kier alpha value is -3.80. The minimum Gasteiger partial charge on any atom is -0.392 e. The number of aliphatic hydroxyl groups excluding tert-OH is 1. The first-order valence-corrected chi connectivity index (χ1v) is 12.5. The number of aliphatic hydroxyl groups is 1. The quantitative estimate of drug-likeness (QED) is 0.339. The zero-order valence-electron chi connectivity index (χ0n) is 20.8. The minimum atomic E-state index is -4.58. The molecule has 0 radical (unpaired) electrons. The first kappa shape index (κ1) is 28.2. The van der Waals surface area contributed by atoms with Crippen LogP contribution in [0.1, 0.15) is 48.8 Å². The van der Waals surface area contributed by atoms with Gasteiger partial charge in [0.25, 0.3) is 5.91 Å². The lowest BCUT2D eigenvalue weighted by molar-refractivity contribution is -0.146. The van der Waals surface area contributed by atoms with Gasteiger partial charge in [0.1, 0.15) is 5.82 Å². The Morgan fingerprint density at radius 3 is 2.49 bits per heavy atom. The Morgan fingerprint density at radius 1 is 1.15 bits per heavy atom. The molecule has 208 valence electrons. The number of fused-ring (bicyclic) bond motifs is 1. The van der Waals surface area contributed by atoms with Crippen LogP contribution in [0, 0.1) is 23.6 Å². The number of alkyl halides is 3. The summed E-state index contributed by atoms with van der Waals surface area (Å²) in [6, 6.07) is 10.1.